The zero-order valence-electron chi connectivity index (χ0n) is 15.5. The third-order valence-corrected chi connectivity index (χ3v) is 6.20. The third-order valence-electron chi connectivity index (χ3n) is 5.09. The molecule has 0 saturated carbocycles. The highest BCUT2D eigenvalue weighted by molar-refractivity contribution is 7.15. The first-order chi connectivity index (χ1) is 13.2. The summed E-state index contributed by atoms with van der Waals surface area (Å²) >= 11 is 1.60. The van der Waals surface area contributed by atoms with Crippen molar-refractivity contribution in [1.82, 2.24) is 10.2 Å². The number of likely N-dealkylation sites (tertiary alicyclic amines) is 1. The van der Waals surface area contributed by atoms with Gasteiger partial charge in [0.05, 0.1) is 17.1 Å². The molecule has 27 heavy (non-hydrogen) atoms. The average molecular weight is 390 g/mol. The van der Waals surface area contributed by atoms with Crippen LogP contribution in [0.4, 0.5) is 5.69 Å². The van der Waals surface area contributed by atoms with Crippen molar-refractivity contribution in [2.45, 2.75) is 38.3 Å². The number of hydrogen-bond acceptors (Lipinski definition) is 6. The zero-order valence-corrected chi connectivity index (χ0v) is 16.3. The van der Waals surface area contributed by atoms with E-state index in [2.05, 4.69) is 10.2 Å². The van der Waals surface area contributed by atoms with Gasteiger partial charge in [0.1, 0.15) is 0 Å². The summed E-state index contributed by atoms with van der Waals surface area (Å²) in [7, 11) is 0. The number of unbranched alkanes of at least 4 members (excludes halogenated alkanes) is 1. The van der Waals surface area contributed by atoms with E-state index in [0.717, 1.165) is 50.3 Å². The van der Waals surface area contributed by atoms with Crippen LogP contribution in [0.2, 0.25) is 0 Å². The molecule has 2 N–H and O–H groups in total. The number of rotatable bonds is 10. The molecule has 1 aliphatic heterocycles. The molecule has 1 saturated heterocycles. The van der Waals surface area contributed by atoms with Gasteiger partial charge in [-0.15, -0.1) is 11.3 Å². The van der Waals surface area contributed by atoms with Gasteiger partial charge in [0.2, 0.25) is 0 Å². The van der Waals surface area contributed by atoms with Crippen LogP contribution in [-0.4, -0.2) is 47.2 Å². The highest BCUT2D eigenvalue weighted by atomic mass is 32.1. The molecule has 0 radical (unpaired) electrons. The largest absolute Gasteiger partial charge is 0.395 e. The van der Waals surface area contributed by atoms with E-state index in [1.807, 2.05) is 18.2 Å². The van der Waals surface area contributed by atoms with Crippen LogP contribution in [0.15, 0.2) is 36.4 Å². The van der Waals surface area contributed by atoms with Gasteiger partial charge >= 0.3 is 0 Å². The molecule has 0 bridgehead atoms. The zero-order chi connectivity index (χ0) is 19.1. The number of nitro benzene ring substituents is 1. The Kier molecular flexibility index (Phi) is 7.34. The molecular weight excluding hydrogens is 362 g/mol. The second-order valence-corrected chi connectivity index (χ2v) is 8.11. The standard InChI is InChI=1S/C20H27N3O3S/c24-15-16-6-5-13-22(16)12-4-3-11-21-14-17-9-10-20(27-17)18-7-1-2-8-19(18)23(25)26/h1-2,7-10,16,21,24H,3-6,11-15H2. The summed E-state index contributed by atoms with van der Waals surface area (Å²) in [6.45, 7) is 4.19. The molecule has 0 amide bonds. The molecule has 1 unspecified atom stereocenters. The van der Waals surface area contributed by atoms with Gasteiger partial charge in [-0.25, -0.2) is 0 Å². The maximum absolute atomic E-state index is 11.2. The Bertz CT molecular complexity index is 750. The summed E-state index contributed by atoms with van der Waals surface area (Å²) < 4.78 is 0. The van der Waals surface area contributed by atoms with E-state index in [4.69, 9.17) is 0 Å². The predicted molar refractivity (Wildman–Crippen MR) is 109 cm³/mol. The lowest BCUT2D eigenvalue weighted by Gasteiger charge is -2.22. The van der Waals surface area contributed by atoms with Crippen LogP contribution in [-0.2, 0) is 6.54 Å². The summed E-state index contributed by atoms with van der Waals surface area (Å²) in [5.74, 6) is 0. The highest BCUT2D eigenvalue weighted by Gasteiger charge is 2.22. The molecule has 1 aromatic heterocycles. The Morgan fingerprint density at radius 1 is 1.26 bits per heavy atom. The molecule has 2 heterocycles. The Balaban J connectivity index is 1.41. The Labute approximate surface area is 164 Å². The lowest BCUT2D eigenvalue weighted by molar-refractivity contribution is -0.384. The maximum Gasteiger partial charge on any atom is 0.278 e. The second-order valence-electron chi connectivity index (χ2n) is 6.94. The molecule has 1 fully saturated rings. The quantitative estimate of drug-likeness (QED) is 0.368. The van der Waals surface area contributed by atoms with Crippen LogP contribution >= 0.6 is 11.3 Å². The molecular formula is C20H27N3O3S. The van der Waals surface area contributed by atoms with Crippen molar-refractivity contribution in [2.24, 2.45) is 0 Å². The van der Waals surface area contributed by atoms with Gasteiger partial charge in [-0.1, -0.05) is 12.1 Å². The minimum Gasteiger partial charge on any atom is -0.395 e. The molecule has 0 aliphatic carbocycles. The summed E-state index contributed by atoms with van der Waals surface area (Å²) in [6.07, 6.45) is 4.56. The average Bonchev–Trinajstić information content (AvgIpc) is 3.33. The van der Waals surface area contributed by atoms with Crippen molar-refractivity contribution < 1.29 is 10.0 Å². The number of hydrogen-bond donors (Lipinski definition) is 2. The van der Waals surface area contributed by atoms with Crippen molar-refractivity contribution >= 4 is 17.0 Å². The van der Waals surface area contributed by atoms with Crippen LogP contribution in [0.5, 0.6) is 0 Å². The number of thiophene rings is 1. The summed E-state index contributed by atoms with van der Waals surface area (Å²) in [5.41, 5.74) is 0.838. The second kappa shape index (κ2) is 9.94. The molecule has 0 spiro atoms. The minimum atomic E-state index is -0.325. The minimum absolute atomic E-state index is 0.155. The van der Waals surface area contributed by atoms with Crippen LogP contribution < -0.4 is 5.32 Å². The van der Waals surface area contributed by atoms with Crippen molar-refractivity contribution in [3.05, 3.63) is 51.4 Å². The lowest BCUT2D eigenvalue weighted by Crippen LogP contribution is -2.33. The van der Waals surface area contributed by atoms with Crippen LogP contribution in [0.3, 0.4) is 0 Å². The molecule has 3 rings (SSSR count). The Morgan fingerprint density at radius 3 is 2.93 bits per heavy atom. The molecule has 7 heteroatoms. The topological polar surface area (TPSA) is 78.6 Å². The van der Waals surface area contributed by atoms with Crippen molar-refractivity contribution in [1.29, 1.82) is 0 Å². The fourth-order valence-corrected chi connectivity index (χ4v) is 4.64. The fourth-order valence-electron chi connectivity index (χ4n) is 3.63. The SMILES string of the molecule is O=[N+]([O-])c1ccccc1-c1ccc(CNCCCCN2CCCC2CO)s1. The first-order valence-electron chi connectivity index (χ1n) is 9.57. The predicted octanol–water partition coefficient (Wildman–Crippen LogP) is 3.65. The number of para-hydroxylation sites is 1. The smallest absolute Gasteiger partial charge is 0.278 e. The van der Waals surface area contributed by atoms with Gasteiger partial charge < -0.3 is 10.4 Å². The number of nitrogens with one attached hydrogen (secondary N) is 1. The van der Waals surface area contributed by atoms with E-state index in [1.165, 1.54) is 11.3 Å². The molecule has 1 aromatic carbocycles. The number of benzene rings is 1. The molecule has 1 atom stereocenters. The lowest BCUT2D eigenvalue weighted by atomic mass is 10.1. The van der Waals surface area contributed by atoms with E-state index in [0.29, 0.717) is 11.6 Å². The van der Waals surface area contributed by atoms with Crippen LogP contribution in [0, 0.1) is 10.1 Å². The number of nitrogens with zero attached hydrogens (tertiary/aromatic N) is 2. The molecule has 1 aliphatic rings. The number of aliphatic hydroxyl groups is 1. The van der Waals surface area contributed by atoms with Gasteiger partial charge in [-0.2, -0.15) is 0 Å². The first kappa shape index (κ1) is 19.9. The van der Waals surface area contributed by atoms with Gasteiger partial charge in [0.25, 0.3) is 5.69 Å². The van der Waals surface area contributed by atoms with Crippen LogP contribution in [0.25, 0.3) is 10.4 Å². The normalized spacial score (nSPS) is 17.4. The maximum atomic E-state index is 11.2. The van der Waals surface area contributed by atoms with Gasteiger partial charge in [0.15, 0.2) is 0 Å². The fraction of sp³-hybridized carbons (Fsp3) is 0.500. The van der Waals surface area contributed by atoms with E-state index in [9.17, 15) is 15.2 Å². The highest BCUT2D eigenvalue weighted by Crippen LogP contribution is 2.34. The molecule has 6 nitrogen and oxygen atoms in total. The third kappa shape index (κ3) is 5.35. The van der Waals surface area contributed by atoms with E-state index in [1.54, 1.807) is 29.5 Å². The first-order valence-corrected chi connectivity index (χ1v) is 10.4. The Hall–Kier alpha value is -1.80. The number of nitro groups is 1. The van der Waals surface area contributed by atoms with Gasteiger partial charge in [-0.3, -0.25) is 15.0 Å². The van der Waals surface area contributed by atoms with E-state index < -0.39 is 0 Å². The van der Waals surface area contributed by atoms with Crippen molar-refractivity contribution in [2.75, 3.05) is 26.2 Å². The summed E-state index contributed by atoms with van der Waals surface area (Å²) in [5, 5.41) is 24.0. The van der Waals surface area contributed by atoms with Crippen molar-refractivity contribution in [3.8, 4) is 10.4 Å². The van der Waals surface area contributed by atoms with E-state index >= 15 is 0 Å². The van der Waals surface area contributed by atoms with Crippen LogP contribution in [0.1, 0.15) is 30.6 Å². The summed E-state index contributed by atoms with van der Waals surface area (Å²) in [6, 6.07) is 11.3. The van der Waals surface area contributed by atoms with E-state index in [-0.39, 0.29) is 17.2 Å². The monoisotopic (exact) mass is 389 g/mol. The van der Waals surface area contributed by atoms with Crippen molar-refractivity contribution in [3.63, 3.8) is 0 Å². The Morgan fingerprint density at radius 2 is 2.11 bits per heavy atom. The number of aliphatic hydroxyl groups excluding tert-OH is 1. The van der Waals surface area contributed by atoms with Gasteiger partial charge in [0, 0.05) is 28.4 Å². The molecule has 146 valence electrons. The van der Waals surface area contributed by atoms with Gasteiger partial charge in [-0.05, 0) is 63.5 Å². The summed E-state index contributed by atoms with van der Waals surface area (Å²) in [4.78, 5) is 15.4. The molecule has 2 aromatic rings.